The minimum absolute atomic E-state index is 0.0158. The zero-order chi connectivity index (χ0) is 71.0. The number of likely N-dealkylation sites (tertiary alicyclic amines) is 2. The van der Waals surface area contributed by atoms with Gasteiger partial charge in [-0.25, -0.2) is 4.79 Å². The Labute approximate surface area is 570 Å². The fourth-order valence-electron chi connectivity index (χ4n) is 12.4. The molecule has 5 aromatic carbocycles. The molecule has 0 saturated carbocycles. The van der Waals surface area contributed by atoms with Crippen molar-refractivity contribution in [2.75, 3.05) is 40.4 Å². The van der Waals surface area contributed by atoms with Gasteiger partial charge in [0.25, 0.3) is 5.91 Å². The van der Waals surface area contributed by atoms with Crippen molar-refractivity contribution in [3.05, 3.63) is 161 Å². The normalized spacial score (nSPS) is 23.4. The summed E-state index contributed by atoms with van der Waals surface area (Å²) in [5.41, 5.74) is 1.15. The van der Waals surface area contributed by atoms with Crippen LogP contribution >= 0.6 is 0 Å². The fourth-order valence-corrected chi connectivity index (χ4v) is 12.4. The van der Waals surface area contributed by atoms with E-state index in [1.165, 1.54) is 21.9 Å². The molecule has 0 aliphatic carbocycles. The smallest absolute Gasteiger partial charge is 0.326 e. The van der Waals surface area contributed by atoms with Crippen LogP contribution in [0, 0.1) is 17.3 Å². The van der Waals surface area contributed by atoms with Crippen molar-refractivity contribution < 1.29 is 72.4 Å². The number of hydrogen-bond acceptors (Lipinski definition) is 15. The molecule has 6 heterocycles. The molecule has 12 atom stereocenters. The molecule has 11 rings (SSSR count). The molecule has 0 unspecified atom stereocenters. The first-order valence-corrected chi connectivity index (χ1v) is 33.3. The molecule has 98 heavy (non-hydrogen) atoms. The van der Waals surface area contributed by atoms with Crippen LogP contribution in [0.15, 0.2) is 133 Å². The number of carboxylic acids is 2. The van der Waals surface area contributed by atoms with E-state index < -0.39 is 143 Å². The van der Waals surface area contributed by atoms with Gasteiger partial charge in [-0.05, 0) is 116 Å². The van der Waals surface area contributed by atoms with Gasteiger partial charge in [-0.2, -0.15) is 0 Å². The number of amides is 7. The third-order valence-corrected chi connectivity index (χ3v) is 18.5. The van der Waals surface area contributed by atoms with Crippen molar-refractivity contribution in [2.45, 2.75) is 153 Å². The second-order valence-corrected chi connectivity index (χ2v) is 26.6. The Kier molecular flexibility index (Phi) is 25.7. The number of ketones is 2. The number of carboxylic acid groups (broad SMARTS) is 2. The van der Waals surface area contributed by atoms with Gasteiger partial charge in [0.05, 0.1) is 30.7 Å². The Hall–Kier alpha value is -9.65. The van der Waals surface area contributed by atoms with Gasteiger partial charge in [-0.1, -0.05) is 131 Å². The topological polar surface area (TPSA) is 337 Å². The summed E-state index contributed by atoms with van der Waals surface area (Å²) in [7, 11) is 3.23. The van der Waals surface area contributed by atoms with Gasteiger partial charge in [-0.15, -0.1) is 0 Å². The van der Waals surface area contributed by atoms with Gasteiger partial charge in [-0.3, -0.25) is 47.9 Å². The summed E-state index contributed by atoms with van der Waals surface area (Å²) < 4.78 is 12.2. The number of fused-ring (bicyclic) bond motifs is 1. The number of hydrogen-bond donors (Lipinski definition) is 9. The molecule has 0 radical (unpaired) electrons. The second kappa shape index (κ2) is 34.0. The van der Waals surface area contributed by atoms with Crippen LogP contribution in [0.5, 0.6) is 5.75 Å². The van der Waals surface area contributed by atoms with E-state index in [4.69, 9.17) is 9.47 Å². The number of rotatable bonds is 15. The van der Waals surface area contributed by atoms with Gasteiger partial charge in [0.1, 0.15) is 54.4 Å². The van der Waals surface area contributed by atoms with Gasteiger partial charge in [0.2, 0.25) is 35.4 Å². The van der Waals surface area contributed by atoms with Gasteiger partial charge in [0.15, 0.2) is 5.78 Å². The number of benzene rings is 5. The maximum atomic E-state index is 15.1. The van der Waals surface area contributed by atoms with Crippen LogP contribution in [0.2, 0.25) is 0 Å². The van der Waals surface area contributed by atoms with Crippen molar-refractivity contribution >= 4 is 75.6 Å². The second-order valence-electron chi connectivity index (χ2n) is 26.6. The number of carbonyl (C=O) groups is 11. The maximum Gasteiger partial charge on any atom is 0.326 e. The molecule has 6 aliphatic rings. The summed E-state index contributed by atoms with van der Waals surface area (Å²) in [6.45, 7) is 10.2. The molecule has 0 aromatic heterocycles. The molecule has 7 amide bonds. The number of ether oxygens (including phenoxy) is 2. The van der Waals surface area contributed by atoms with Crippen LogP contribution in [0.4, 0.5) is 0 Å². The van der Waals surface area contributed by atoms with E-state index in [-0.39, 0.29) is 76.2 Å². The standard InChI is InChI=1S/C74H91N9O15/c1-9-48(37-61(84)43(2)75-7)70(91)83-42-56-40-60(83)69(90)80-63(50-18-11-10-12-19-50)62(85)38-53(72(93)94)33-45-21-27-51(28-22-45)66(87)77-54-39-59(82(41-54)71(92)64(74(4,5)6)81-65(86)44(3)76-8)68(89)78-57(36-47-23-26-49-17-13-14-20-52(49)34-47)67(88)79-58(73(95)96)35-46-24-29-55(30-25-46)97-31-15-16-32-98-56/h10-30,34,43-44,48,53-54,56-60,63-64,75-76H,9,31-33,35-42H2,1-8H3,(H,77,87)(H,78,89)(H,79,88)(H,80,90)(H,81,86)(H,93,94)(H,95,96)/b16-15+/t43-,44-,48+,53+,54-,56-,57-,58-,59-,60-,63-,64+/m0/s1. The van der Waals surface area contributed by atoms with Gasteiger partial charge < -0.3 is 66.7 Å². The molecule has 0 spiro atoms. The minimum atomic E-state index is -1.49. The lowest BCUT2D eigenvalue weighted by Gasteiger charge is -2.36. The van der Waals surface area contributed by atoms with Gasteiger partial charge in [0, 0.05) is 62.7 Å². The van der Waals surface area contributed by atoms with E-state index in [1.54, 1.807) is 141 Å². The number of nitrogens with one attached hydrogen (secondary N) is 7. The Morgan fingerprint density at radius 2 is 1.27 bits per heavy atom. The lowest BCUT2D eigenvalue weighted by molar-refractivity contribution is -0.145. The molecule has 24 heteroatoms. The highest BCUT2D eigenvalue weighted by Crippen LogP contribution is 2.31. The maximum absolute atomic E-state index is 15.1. The summed E-state index contributed by atoms with van der Waals surface area (Å²) >= 11 is 0. The zero-order valence-electron chi connectivity index (χ0n) is 56.7. The molecule has 6 aliphatic heterocycles. The highest BCUT2D eigenvalue weighted by Gasteiger charge is 2.47. The quantitative estimate of drug-likeness (QED) is 0.0635. The molecular weight excluding hydrogens is 1250 g/mol. The van der Waals surface area contributed by atoms with E-state index in [0.29, 0.717) is 34.4 Å². The lowest BCUT2D eigenvalue weighted by Crippen LogP contribution is -2.61. The molecule has 2 saturated heterocycles. The van der Waals surface area contributed by atoms with Crippen molar-refractivity contribution in [1.82, 2.24) is 47.0 Å². The number of Topliss-reactive ketones (excluding diaryl/α,β-unsaturated/α-hetero) is 2. The van der Waals surface area contributed by atoms with E-state index in [9.17, 15) is 53.4 Å². The van der Waals surface area contributed by atoms with Crippen LogP contribution in [-0.2, 0) is 71.9 Å². The molecule has 5 aromatic rings. The number of carbonyl (C=O) groups excluding carboxylic acids is 9. The summed E-state index contributed by atoms with van der Waals surface area (Å²) in [6.07, 6.45) is 1.80. The van der Waals surface area contributed by atoms with E-state index >= 15 is 9.59 Å². The third kappa shape index (κ3) is 19.6. The fraction of sp³-hybridized carbons (Fsp3) is 0.446. The number of likely N-dealkylation sites (N-methyl/N-ethyl adjacent to an activating group) is 2. The Morgan fingerprint density at radius 3 is 1.92 bits per heavy atom. The summed E-state index contributed by atoms with van der Waals surface area (Å²) in [6, 6.07) is 23.9. The predicted molar refractivity (Wildman–Crippen MR) is 365 cm³/mol. The van der Waals surface area contributed by atoms with Crippen LogP contribution in [0.1, 0.15) is 112 Å². The predicted octanol–water partition coefficient (Wildman–Crippen LogP) is 4.81. The molecule has 2 fully saturated rings. The first-order valence-electron chi connectivity index (χ1n) is 33.3. The molecule has 8 bridgehead atoms. The molecular formula is C74H91N9O15. The first-order chi connectivity index (χ1) is 46.7. The van der Waals surface area contributed by atoms with Crippen LogP contribution in [0.25, 0.3) is 10.8 Å². The van der Waals surface area contributed by atoms with Crippen molar-refractivity contribution in [1.29, 1.82) is 0 Å². The lowest BCUT2D eigenvalue weighted by atomic mass is 9.85. The zero-order valence-corrected chi connectivity index (χ0v) is 56.7. The largest absolute Gasteiger partial charge is 0.490 e. The van der Waals surface area contributed by atoms with E-state index in [0.717, 1.165) is 10.8 Å². The minimum Gasteiger partial charge on any atom is -0.490 e. The summed E-state index contributed by atoms with van der Waals surface area (Å²) in [5, 5.41) is 43.0. The van der Waals surface area contributed by atoms with Crippen molar-refractivity contribution in [3.63, 3.8) is 0 Å². The molecule has 9 N–H and O–H groups in total. The molecule has 522 valence electrons. The van der Waals surface area contributed by atoms with E-state index in [2.05, 4.69) is 37.2 Å². The highest BCUT2D eigenvalue weighted by molar-refractivity contribution is 5.99. The van der Waals surface area contributed by atoms with E-state index in [1.807, 2.05) is 36.4 Å². The Bertz CT molecular complexity index is 3730. The van der Waals surface area contributed by atoms with Crippen molar-refractivity contribution in [3.8, 4) is 5.75 Å². The summed E-state index contributed by atoms with van der Waals surface area (Å²) in [5.74, 6) is -9.68. The van der Waals surface area contributed by atoms with Crippen molar-refractivity contribution in [2.24, 2.45) is 17.3 Å². The Morgan fingerprint density at radius 1 is 0.643 bits per heavy atom. The average Bonchev–Trinajstić information content (AvgIpc) is 1.61. The molecule has 24 nitrogen and oxygen atoms in total. The third-order valence-electron chi connectivity index (χ3n) is 18.5. The van der Waals surface area contributed by atoms with Crippen LogP contribution in [0.3, 0.4) is 0 Å². The SMILES string of the molecule is CC[C@H](CC(=O)[C@H](C)NC)C(=O)N1C[C@@H]2C[C@H]1C(=O)N[C@@H](c1ccccc1)C(=O)C[C@H](C(=O)O)Cc1ccc(cc1)C(=O)N[C@H]1C[C@@H](C(=O)N[C@@H](Cc3ccc4ccccc4c3)C(=O)N[C@H](C(=O)O)Cc3ccc(cc3)OC/C=C/CO2)N(C(=O)[C@@H](NC(=O)[C@H](C)NC)C(C)(C)C)C1. The van der Waals surface area contributed by atoms with Crippen LogP contribution < -0.4 is 42.0 Å². The Balaban J connectivity index is 1.12. The van der Waals surface area contributed by atoms with Crippen LogP contribution in [-0.4, -0.2) is 180 Å². The monoisotopic (exact) mass is 1350 g/mol. The number of nitrogens with zero attached hydrogens (tertiary/aromatic N) is 2. The summed E-state index contributed by atoms with van der Waals surface area (Å²) in [4.78, 5) is 159. The average molecular weight is 1350 g/mol. The number of aliphatic carboxylic acids is 2. The highest BCUT2D eigenvalue weighted by atomic mass is 16.5. The van der Waals surface area contributed by atoms with Gasteiger partial charge >= 0.3 is 11.9 Å². The first kappa shape index (κ1) is 74.1.